The Balaban J connectivity index is 2.99. The molecule has 1 N–H and O–H groups in total. The van der Waals surface area contributed by atoms with E-state index in [1.54, 1.807) is 19.2 Å². The van der Waals surface area contributed by atoms with Crippen LogP contribution in [0.4, 0.5) is 0 Å². The van der Waals surface area contributed by atoms with Crippen LogP contribution in [0.3, 0.4) is 0 Å². The lowest BCUT2D eigenvalue weighted by atomic mass is 10.2. The zero-order valence-corrected chi connectivity index (χ0v) is 12.9. The van der Waals surface area contributed by atoms with Crippen molar-refractivity contribution in [3.63, 3.8) is 0 Å². The van der Waals surface area contributed by atoms with Gasteiger partial charge in [-0.1, -0.05) is 17.7 Å². The van der Waals surface area contributed by atoms with E-state index in [0.717, 1.165) is 5.56 Å². The van der Waals surface area contributed by atoms with Gasteiger partial charge in [0.15, 0.2) is 0 Å². The molecule has 1 aromatic carbocycles. The first-order valence-electron chi connectivity index (χ1n) is 5.81. The van der Waals surface area contributed by atoms with Gasteiger partial charge in [-0.2, -0.15) is 4.31 Å². The summed E-state index contributed by atoms with van der Waals surface area (Å²) >= 11 is 6.08. The van der Waals surface area contributed by atoms with Gasteiger partial charge in [0.2, 0.25) is 10.0 Å². The van der Waals surface area contributed by atoms with Crippen LogP contribution in [0.2, 0.25) is 5.02 Å². The minimum Gasteiger partial charge on any atom is -0.383 e. The number of halogens is 1. The molecule has 0 saturated heterocycles. The second-order valence-electron chi connectivity index (χ2n) is 4.10. The number of hydrogen-bond acceptors (Lipinski definition) is 4. The van der Waals surface area contributed by atoms with Crippen molar-refractivity contribution in [1.82, 2.24) is 9.62 Å². The van der Waals surface area contributed by atoms with E-state index in [-0.39, 0.29) is 4.90 Å². The van der Waals surface area contributed by atoms with Gasteiger partial charge in [-0.15, -0.1) is 0 Å². The lowest BCUT2D eigenvalue weighted by Gasteiger charge is -2.17. The summed E-state index contributed by atoms with van der Waals surface area (Å²) in [4.78, 5) is 0.191. The first kappa shape index (κ1) is 16.4. The maximum Gasteiger partial charge on any atom is 0.242 e. The summed E-state index contributed by atoms with van der Waals surface area (Å²) in [5.41, 5.74) is 0.864. The summed E-state index contributed by atoms with van der Waals surface area (Å²) in [6.07, 6.45) is 0. The van der Waals surface area contributed by atoms with Gasteiger partial charge in [0.05, 0.1) is 11.5 Å². The SMILES string of the molecule is CNCc1ccc(S(=O)(=O)N(C)CCOC)cc1Cl. The molecule has 0 aromatic heterocycles. The number of ether oxygens (including phenoxy) is 1. The number of likely N-dealkylation sites (N-methyl/N-ethyl adjacent to an activating group) is 1. The van der Waals surface area contributed by atoms with E-state index in [1.165, 1.54) is 24.5 Å². The Morgan fingerprint density at radius 1 is 1.42 bits per heavy atom. The summed E-state index contributed by atoms with van der Waals surface area (Å²) in [6, 6.07) is 4.76. The summed E-state index contributed by atoms with van der Waals surface area (Å²) in [5, 5.41) is 3.41. The van der Waals surface area contributed by atoms with Crippen LogP contribution in [-0.2, 0) is 21.3 Å². The molecule has 0 spiro atoms. The fourth-order valence-electron chi connectivity index (χ4n) is 1.54. The molecule has 0 unspecified atom stereocenters. The Morgan fingerprint density at radius 2 is 2.11 bits per heavy atom. The van der Waals surface area contributed by atoms with Gasteiger partial charge in [0.1, 0.15) is 0 Å². The van der Waals surface area contributed by atoms with Crippen molar-refractivity contribution in [2.24, 2.45) is 0 Å². The van der Waals surface area contributed by atoms with Crippen LogP contribution in [-0.4, -0.2) is 47.1 Å². The third-order valence-corrected chi connectivity index (χ3v) is 4.91. The highest BCUT2D eigenvalue weighted by Crippen LogP contribution is 2.22. The molecule has 0 fully saturated rings. The Bertz CT molecular complexity index is 520. The van der Waals surface area contributed by atoms with Crippen LogP contribution in [0.1, 0.15) is 5.56 Å². The van der Waals surface area contributed by atoms with Crippen LogP contribution < -0.4 is 5.32 Å². The van der Waals surface area contributed by atoms with Crippen molar-refractivity contribution in [2.45, 2.75) is 11.4 Å². The topological polar surface area (TPSA) is 58.6 Å². The molecule has 108 valence electrons. The minimum absolute atomic E-state index is 0.191. The lowest BCUT2D eigenvalue weighted by molar-refractivity contribution is 0.185. The highest BCUT2D eigenvalue weighted by atomic mass is 35.5. The molecule has 0 aliphatic heterocycles. The monoisotopic (exact) mass is 306 g/mol. The van der Waals surface area contributed by atoms with Crippen molar-refractivity contribution in [3.8, 4) is 0 Å². The van der Waals surface area contributed by atoms with E-state index in [2.05, 4.69) is 5.32 Å². The molecule has 1 rings (SSSR count). The molecule has 0 aliphatic rings. The Labute approximate surface area is 119 Å². The van der Waals surface area contributed by atoms with Crippen LogP contribution in [0.5, 0.6) is 0 Å². The highest BCUT2D eigenvalue weighted by molar-refractivity contribution is 7.89. The average molecular weight is 307 g/mol. The average Bonchev–Trinajstić information content (AvgIpc) is 2.38. The maximum absolute atomic E-state index is 12.3. The number of benzene rings is 1. The molecular weight excluding hydrogens is 288 g/mol. The van der Waals surface area contributed by atoms with Crippen molar-refractivity contribution in [1.29, 1.82) is 0 Å². The van der Waals surface area contributed by atoms with Crippen molar-refractivity contribution >= 4 is 21.6 Å². The molecule has 0 saturated carbocycles. The molecule has 7 heteroatoms. The summed E-state index contributed by atoms with van der Waals surface area (Å²) in [5.74, 6) is 0. The summed E-state index contributed by atoms with van der Waals surface area (Å²) < 4.78 is 30.6. The van der Waals surface area contributed by atoms with Crippen molar-refractivity contribution in [2.75, 3.05) is 34.4 Å². The molecule has 0 radical (unpaired) electrons. The van der Waals surface area contributed by atoms with Gasteiger partial charge in [0.25, 0.3) is 0 Å². The number of nitrogens with zero attached hydrogens (tertiary/aromatic N) is 1. The highest BCUT2D eigenvalue weighted by Gasteiger charge is 2.21. The zero-order valence-electron chi connectivity index (χ0n) is 11.3. The largest absolute Gasteiger partial charge is 0.383 e. The summed E-state index contributed by atoms with van der Waals surface area (Å²) in [7, 11) is 1.34. The first-order chi connectivity index (χ1) is 8.93. The fraction of sp³-hybridized carbons (Fsp3) is 0.500. The minimum atomic E-state index is -3.52. The Hall–Kier alpha value is -0.660. The van der Waals surface area contributed by atoms with Crippen molar-refractivity contribution < 1.29 is 13.2 Å². The second kappa shape index (κ2) is 7.21. The predicted octanol–water partition coefficient (Wildman–Crippen LogP) is 1.33. The van der Waals surface area contributed by atoms with Gasteiger partial charge in [-0.3, -0.25) is 0 Å². The van der Waals surface area contributed by atoms with Crippen LogP contribution in [0, 0.1) is 0 Å². The van der Waals surface area contributed by atoms with E-state index in [4.69, 9.17) is 16.3 Å². The van der Waals surface area contributed by atoms with E-state index in [9.17, 15) is 8.42 Å². The number of nitrogens with one attached hydrogen (secondary N) is 1. The van der Waals surface area contributed by atoms with E-state index < -0.39 is 10.0 Å². The van der Waals surface area contributed by atoms with Gasteiger partial charge in [-0.05, 0) is 24.7 Å². The molecule has 0 heterocycles. The lowest BCUT2D eigenvalue weighted by Crippen LogP contribution is -2.30. The zero-order chi connectivity index (χ0) is 14.5. The van der Waals surface area contributed by atoms with Crippen LogP contribution in [0.25, 0.3) is 0 Å². The van der Waals surface area contributed by atoms with Gasteiger partial charge in [-0.25, -0.2) is 8.42 Å². The van der Waals surface area contributed by atoms with Crippen LogP contribution >= 0.6 is 11.6 Å². The normalized spacial score (nSPS) is 12.1. The van der Waals surface area contributed by atoms with Gasteiger partial charge < -0.3 is 10.1 Å². The number of methoxy groups -OCH3 is 1. The molecule has 0 atom stereocenters. The molecule has 0 bridgehead atoms. The van der Waals surface area contributed by atoms with E-state index in [1.807, 2.05) is 0 Å². The van der Waals surface area contributed by atoms with Gasteiger partial charge >= 0.3 is 0 Å². The molecular formula is C12H19ClN2O3S. The standard InChI is InChI=1S/C12H19ClN2O3S/c1-14-9-10-4-5-11(8-12(10)13)19(16,17)15(2)6-7-18-3/h4-5,8,14H,6-7,9H2,1-3H3. The smallest absolute Gasteiger partial charge is 0.242 e. The fourth-order valence-corrected chi connectivity index (χ4v) is 3.04. The molecule has 5 nitrogen and oxygen atoms in total. The molecule has 19 heavy (non-hydrogen) atoms. The number of sulfonamides is 1. The third-order valence-electron chi connectivity index (χ3n) is 2.71. The van der Waals surface area contributed by atoms with Crippen molar-refractivity contribution in [3.05, 3.63) is 28.8 Å². The molecule has 1 aromatic rings. The maximum atomic E-state index is 12.3. The Kier molecular flexibility index (Phi) is 6.22. The molecule has 0 amide bonds. The third kappa shape index (κ3) is 4.15. The predicted molar refractivity (Wildman–Crippen MR) is 75.9 cm³/mol. The van der Waals surface area contributed by atoms with Crippen LogP contribution in [0.15, 0.2) is 23.1 Å². The second-order valence-corrected chi connectivity index (χ2v) is 6.56. The quantitative estimate of drug-likeness (QED) is 0.825. The number of rotatable bonds is 7. The summed E-state index contributed by atoms with van der Waals surface area (Å²) in [6.45, 7) is 1.24. The van der Waals surface area contributed by atoms with Gasteiger partial charge in [0, 0.05) is 32.3 Å². The molecule has 0 aliphatic carbocycles. The van der Waals surface area contributed by atoms with E-state index in [0.29, 0.717) is 24.7 Å². The first-order valence-corrected chi connectivity index (χ1v) is 7.63. The Morgan fingerprint density at radius 3 is 2.63 bits per heavy atom. The number of hydrogen-bond donors (Lipinski definition) is 1. The van der Waals surface area contributed by atoms with E-state index >= 15 is 0 Å².